The smallest absolute Gasteiger partial charge is 0.231 e. The van der Waals surface area contributed by atoms with Crippen LogP contribution in [0.5, 0.6) is 11.5 Å². The number of hydrogen-bond donors (Lipinski definition) is 0. The number of ether oxygens (including phenoxy) is 2. The van der Waals surface area contributed by atoms with Crippen LogP contribution in [0.4, 0.5) is 11.4 Å². The molecule has 1 fully saturated rings. The summed E-state index contributed by atoms with van der Waals surface area (Å²) in [7, 11) is 0. The second kappa shape index (κ2) is 8.74. The second-order valence-corrected chi connectivity index (χ2v) is 11.6. The van der Waals surface area contributed by atoms with Crippen LogP contribution >= 0.6 is 0 Å². The van der Waals surface area contributed by atoms with Gasteiger partial charge in [0.1, 0.15) is 5.78 Å². The Morgan fingerprint density at radius 2 is 1.55 bits per heavy atom. The number of allylic oxidation sites excluding steroid dienone is 2. The van der Waals surface area contributed by atoms with Crippen molar-refractivity contribution in [2.24, 2.45) is 16.3 Å². The van der Waals surface area contributed by atoms with Crippen LogP contribution in [0.15, 0.2) is 83.0 Å². The molecular weight excluding hydrogens is 504 g/mol. The largest absolute Gasteiger partial charge is 0.454 e. The van der Waals surface area contributed by atoms with Gasteiger partial charge in [-0.25, -0.2) is 0 Å². The van der Waals surface area contributed by atoms with Gasteiger partial charge in [0.2, 0.25) is 6.79 Å². The van der Waals surface area contributed by atoms with Gasteiger partial charge in [-0.3, -0.25) is 19.4 Å². The fourth-order valence-electron chi connectivity index (χ4n) is 6.64. The predicted octanol–water partition coefficient (Wildman–Crippen LogP) is 6.41. The number of hydrogen-bond acceptors (Lipinski definition) is 7. The minimum Gasteiger partial charge on any atom is -0.454 e. The first-order valence-electron chi connectivity index (χ1n) is 13.5. The number of carbonyl (C=O) groups is 3. The van der Waals surface area contributed by atoms with Crippen LogP contribution in [0.2, 0.25) is 0 Å². The van der Waals surface area contributed by atoms with Gasteiger partial charge in [-0.15, -0.1) is 0 Å². The predicted molar refractivity (Wildman–Crippen MR) is 151 cm³/mol. The maximum absolute atomic E-state index is 14.0. The number of ketones is 3. The molecule has 3 aromatic carbocycles. The van der Waals surface area contributed by atoms with E-state index < -0.39 is 12.0 Å². The molecule has 0 amide bonds. The van der Waals surface area contributed by atoms with E-state index in [1.807, 2.05) is 47.4 Å². The van der Waals surface area contributed by atoms with Crippen molar-refractivity contribution >= 4 is 34.4 Å². The van der Waals surface area contributed by atoms with Crippen LogP contribution in [0.3, 0.4) is 0 Å². The molecule has 200 valence electrons. The van der Waals surface area contributed by atoms with E-state index in [0.717, 1.165) is 17.0 Å². The fraction of sp³-hybridized carbons (Fsp3) is 0.273. The fourth-order valence-corrected chi connectivity index (χ4v) is 6.64. The topological polar surface area (TPSA) is 85.3 Å². The Labute approximate surface area is 232 Å². The Bertz CT molecular complexity index is 1660. The zero-order valence-electron chi connectivity index (χ0n) is 22.6. The molecule has 2 unspecified atom stereocenters. The lowest BCUT2D eigenvalue weighted by Crippen LogP contribution is -2.45. The summed E-state index contributed by atoms with van der Waals surface area (Å²) in [5.41, 5.74) is 4.25. The lowest BCUT2D eigenvalue weighted by atomic mass is 9.68. The molecule has 3 aromatic rings. The first kappa shape index (κ1) is 24.5. The van der Waals surface area contributed by atoms with Crippen molar-refractivity contribution in [3.05, 3.63) is 94.7 Å². The third-order valence-corrected chi connectivity index (χ3v) is 8.35. The summed E-state index contributed by atoms with van der Waals surface area (Å²) in [4.78, 5) is 48.5. The molecule has 0 bridgehead atoms. The van der Waals surface area contributed by atoms with E-state index in [9.17, 15) is 14.4 Å². The quantitative estimate of drug-likeness (QED) is 0.280. The monoisotopic (exact) mass is 532 g/mol. The zero-order chi connectivity index (χ0) is 27.8. The molecule has 2 atom stereocenters. The lowest BCUT2D eigenvalue weighted by Gasteiger charge is -2.42. The van der Waals surface area contributed by atoms with Gasteiger partial charge in [0.25, 0.3) is 0 Å². The average Bonchev–Trinajstić information content (AvgIpc) is 3.45. The van der Waals surface area contributed by atoms with E-state index in [1.54, 1.807) is 31.2 Å². The average molecular weight is 533 g/mol. The van der Waals surface area contributed by atoms with Crippen LogP contribution in [0.25, 0.3) is 0 Å². The highest BCUT2D eigenvalue weighted by Gasteiger charge is 2.48. The molecule has 0 N–H and O–H groups in total. The standard InChI is InChI=1S/C33H28N2O5/c1-18(28-31(37)20-8-4-5-9-21(20)32(28)38)35-24-11-7-6-10-22(24)34-23-15-33(2,3)16-25(36)29(23)30(35)19-12-13-26-27(14-19)40-17-39-26/h4-14,29-30H,15-17H2,1-3H3. The van der Waals surface area contributed by atoms with E-state index >= 15 is 0 Å². The maximum atomic E-state index is 14.0. The van der Waals surface area contributed by atoms with Crippen molar-refractivity contribution in [1.82, 2.24) is 0 Å². The van der Waals surface area contributed by atoms with Crippen molar-refractivity contribution in [2.75, 3.05) is 11.7 Å². The lowest BCUT2D eigenvalue weighted by molar-refractivity contribution is -0.124. The SMILES string of the molecule is CC(=C1C(=O)c2ccccc2C1=O)N1c2ccccc2N=C2CC(C)(C)CC(=O)C2C1c1ccc2c(c1)OCO2. The first-order valence-corrected chi connectivity index (χ1v) is 13.5. The van der Waals surface area contributed by atoms with Crippen molar-refractivity contribution in [2.45, 2.75) is 39.7 Å². The van der Waals surface area contributed by atoms with Gasteiger partial charge in [-0.2, -0.15) is 0 Å². The van der Waals surface area contributed by atoms with Crippen molar-refractivity contribution in [3.8, 4) is 11.5 Å². The van der Waals surface area contributed by atoms with E-state index in [4.69, 9.17) is 14.5 Å². The minimum absolute atomic E-state index is 0.0839. The summed E-state index contributed by atoms with van der Waals surface area (Å²) in [5.74, 6) is 0.137. The molecule has 2 aliphatic carbocycles. The molecule has 2 aliphatic heterocycles. The summed E-state index contributed by atoms with van der Waals surface area (Å²) in [5, 5.41) is 0. The Morgan fingerprint density at radius 3 is 2.30 bits per heavy atom. The second-order valence-electron chi connectivity index (χ2n) is 11.6. The number of Topliss-reactive ketones (excluding diaryl/α,β-unsaturated/α-hetero) is 3. The van der Waals surface area contributed by atoms with E-state index in [0.29, 0.717) is 46.9 Å². The maximum Gasteiger partial charge on any atom is 0.231 e. The molecule has 1 saturated carbocycles. The number of benzene rings is 3. The number of rotatable bonds is 2. The van der Waals surface area contributed by atoms with Gasteiger partial charge >= 0.3 is 0 Å². The number of carbonyl (C=O) groups excluding carboxylic acids is 3. The molecule has 7 rings (SSSR count). The number of para-hydroxylation sites is 2. The molecule has 4 aliphatic rings. The van der Waals surface area contributed by atoms with Gasteiger partial charge in [0.15, 0.2) is 23.1 Å². The van der Waals surface area contributed by atoms with Gasteiger partial charge in [-0.1, -0.05) is 56.3 Å². The molecule has 0 spiro atoms. The Morgan fingerprint density at radius 1 is 0.875 bits per heavy atom. The Hall–Kier alpha value is -4.52. The highest BCUT2D eigenvalue weighted by Crippen LogP contribution is 2.51. The highest BCUT2D eigenvalue weighted by molar-refractivity contribution is 6.40. The van der Waals surface area contributed by atoms with Crippen LogP contribution in [-0.2, 0) is 4.79 Å². The van der Waals surface area contributed by atoms with Gasteiger partial charge in [0.05, 0.1) is 28.9 Å². The molecule has 2 heterocycles. The highest BCUT2D eigenvalue weighted by atomic mass is 16.7. The molecular formula is C33H28N2O5. The summed E-state index contributed by atoms with van der Waals surface area (Å²) >= 11 is 0. The van der Waals surface area contributed by atoms with Gasteiger partial charge in [0, 0.05) is 29.0 Å². The number of fused-ring (bicyclic) bond motifs is 4. The number of anilines is 1. The van der Waals surface area contributed by atoms with E-state index in [1.165, 1.54) is 0 Å². The van der Waals surface area contributed by atoms with Crippen LogP contribution in [0.1, 0.15) is 65.9 Å². The van der Waals surface area contributed by atoms with Crippen LogP contribution < -0.4 is 14.4 Å². The third-order valence-electron chi connectivity index (χ3n) is 8.35. The summed E-state index contributed by atoms with van der Waals surface area (Å²) in [6.45, 7) is 6.11. The summed E-state index contributed by atoms with van der Waals surface area (Å²) in [6.07, 6.45) is 1.06. The molecule has 40 heavy (non-hydrogen) atoms. The zero-order valence-corrected chi connectivity index (χ0v) is 22.6. The van der Waals surface area contributed by atoms with E-state index in [-0.39, 0.29) is 35.1 Å². The van der Waals surface area contributed by atoms with Crippen molar-refractivity contribution < 1.29 is 23.9 Å². The van der Waals surface area contributed by atoms with Crippen LogP contribution in [-0.4, -0.2) is 29.9 Å². The summed E-state index contributed by atoms with van der Waals surface area (Å²) in [6, 6.07) is 19.7. The molecule has 7 heteroatoms. The molecule has 0 aromatic heterocycles. The first-order chi connectivity index (χ1) is 19.2. The normalized spacial score (nSPS) is 22.4. The third kappa shape index (κ3) is 3.64. The Balaban J connectivity index is 1.50. The van der Waals surface area contributed by atoms with Gasteiger partial charge in [-0.05, 0) is 48.6 Å². The molecule has 0 radical (unpaired) electrons. The Kier molecular flexibility index (Phi) is 5.36. The number of aliphatic imine (C=N–C) groups is 1. The van der Waals surface area contributed by atoms with Crippen molar-refractivity contribution in [3.63, 3.8) is 0 Å². The minimum atomic E-state index is -0.578. The van der Waals surface area contributed by atoms with Crippen molar-refractivity contribution in [1.29, 1.82) is 0 Å². The molecule has 7 nitrogen and oxygen atoms in total. The summed E-state index contributed by atoms with van der Waals surface area (Å²) < 4.78 is 11.3. The van der Waals surface area contributed by atoms with Crippen LogP contribution in [0, 0.1) is 11.3 Å². The molecule has 0 saturated heterocycles. The number of nitrogens with zero attached hydrogens (tertiary/aromatic N) is 2. The van der Waals surface area contributed by atoms with Gasteiger partial charge < -0.3 is 14.4 Å². The van der Waals surface area contributed by atoms with E-state index in [2.05, 4.69) is 13.8 Å².